The van der Waals surface area contributed by atoms with Crippen LogP contribution in [-0.2, 0) is 11.2 Å². The van der Waals surface area contributed by atoms with E-state index < -0.39 is 17.2 Å². The second kappa shape index (κ2) is 13.0. The minimum atomic E-state index is -1.03. The molecule has 1 atom stereocenters. The van der Waals surface area contributed by atoms with Gasteiger partial charge in [0.1, 0.15) is 17.6 Å². The minimum absolute atomic E-state index is 0.118. The van der Waals surface area contributed by atoms with Gasteiger partial charge in [0, 0.05) is 24.5 Å². The van der Waals surface area contributed by atoms with Gasteiger partial charge in [-0.1, -0.05) is 24.3 Å². The number of nitrogens with zero attached hydrogens (tertiary/aromatic N) is 5. The molecule has 4 aromatic rings. The second-order valence-electron chi connectivity index (χ2n) is 11.0. The van der Waals surface area contributed by atoms with Gasteiger partial charge >= 0.3 is 5.97 Å². The van der Waals surface area contributed by atoms with Gasteiger partial charge in [0.05, 0.1) is 36.6 Å². The zero-order valence-corrected chi connectivity index (χ0v) is 24.5. The van der Waals surface area contributed by atoms with Gasteiger partial charge in [0.15, 0.2) is 17.4 Å². The summed E-state index contributed by atoms with van der Waals surface area (Å²) in [5.74, 6) is 0.598. The number of carbonyl (C=O) groups is 1. The van der Waals surface area contributed by atoms with E-state index in [1.807, 2.05) is 25.1 Å². The van der Waals surface area contributed by atoms with E-state index in [0.717, 1.165) is 19.4 Å². The van der Waals surface area contributed by atoms with E-state index in [2.05, 4.69) is 25.2 Å². The Bertz CT molecular complexity index is 1580. The highest BCUT2D eigenvalue weighted by atomic mass is 19.1. The molecule has 0 aliphatic carbocycles. The number of hydrogen-bond donors (Lipinski definition) is 2. The van der Waals surface area contributed by atoms with Crippen LogP contribution in [0, 0.1) is 11.2 Å². The summed E-state index contributed by atoms with van der Waals surface area (Å²) < 4.78 is 27.7. The van der Waals surface area contributed by atoms with E-state index in [4.69, 9.17) is 14.5 Å². The van der Waals surface area contributed by atoms with Gasteiger partial charge < -0.3 is 24.8 Å². The van der Waals surface area contributed by atoms with Crippen LogP contribution in [-0.4, -0.2) is 56.8 Å². The van der Waals surface area contributed by atoms with Gasteiger partial charge in [0.2, 0.25) is 0 Å². The number of carboxylic acids is 1. The molecule has 0 radical (unpaired) electrons. The molecule has 10 nitrogen and oxygen atoms in total. The first-order valence-corrected chi connectivity index (χ1v) is 14.3. The predicted octanol–water partition coefficient (Wildman–Crippen LogP) is 5.92. The number of hydrogen-bond acceptors (Lipinski definition) is 9. The number of aliphatic carboxylic acids is 1. The second-order valence-corrected chi connectivity index (χ2v) is 11.0. The Morgan fingerprint density at radius 3 is 2.79 bits per heavy atom. The lowest BCUT2D eigenvalue weighted by Crippen LogP contribution is -2.41. The molecule has 11 heteroatoms. The molecular formula is C32H35FN6O4. The number of benzene rings is 1. The Hall–Kier alpha value is -4.80. The van der Waals surface area contributed by atoms with Gasteiger partial charge in [-0.05, 0) is 63.8 Å². The summed E-state index contributed by atoms with van der Waals surface area (Å²) in [5.41, 5.74) is 0.518. The fraction of sp³-hybridized carbons (Fsp3) is 0.344. The summed E-state index contributed by atoms with van der Waals surface area (Å²) in [7, 11) is 0. The number of piperidine rings is 1. The standard InChI is InChI=1S/C32H35FN6O4/c1-4-42-25-12-7-14-36-30(25)43-22-10-8-16-39(20-22)27-19-34-18-26(38-27)37-24-13-15-35-29(28(24)33)23-11-6-5-9-21(23)17-32(2,3)31(40)41/h5-7,9,11-15,18-19,22H,4,8,10,16-17,20H2,1-3H3,(H,40,41)(H,35,37,38). The van der Waals surface area contributed by atoms with Crippen LogP contribution in [0.5, 0.6) is 11.6 Å². The van der Waals surface area contributed by atoms with Crippen molar-refractivity contribution >= 4 is 23.3 Å². The maximum absolute atomic E-state index is 15.9. The molecule has 4 heterocycles. The number of ether oxygens (including phenoxy) is 2. The quantitative estimate of drug-likeness (QED) is 0.219. The number of pyridine rings is 2. The van der Waals surface area contributed by atoms with Gasteiger partial charge in [-0.3, -0.25) is 14.8 Å². The van der Waals surface area contributed by atoms with Crippen LogP contribution in [0.1, 0.15) is 39.2 Å². The SMILES string of the molecule is CCOc1cccnc1OC1CCCN(c2cncc(Nc3ccnc(-c4ccccc4CC(C)(C)C(=O)O)c3F)n2)C1. The molecule has 5 rings (SSSR count). The molecule has 224 valence electrons. The van der Waals surface area contributed by atoms with Crippen molar-refractivity contribution in [3.63, 3.8) is 0 Å². The van der Waals surface area contributed by atoms with E-state index in [1.165, 1.54) is 18.5 Å². The maximum Gasteiger partial charge on any atom is 0.309 e. The van der Waals surface area contributed by atoms with E-state index in [-0.39, 0.29) is 23.9 Å². The van der Waals surface area contributed by atoms with E-state index >= 15 is 4.39 Å². The molecule has 0 saturated carbocycles. The zero-order chi connectivity index (χ0) is 30.4. The molecule has 0 amide bonds. The Kier molecular flexibility index (Phi) is 8.98. The summed E-state index contributed by atoms with van der Waals surface area (Å²) in [6, 6.07) is 12.3. The lowest BCUT2D eigenvalue weighted by Gasteiger charge is -2.33. The molecule has 1 aromatic carbocycles. The third kappa shape index (κ3) is 6.99. The van der Waals surface area contributed by atoms with Gasteiger partial charge in [-0.15, -0.1) is 0 Å². The summed E-state index contributed by atoms with van der Waals surface area (Å²) in [4.78, 5) is 31.5. The molecule has 1 aliphatic heterocycles. The number of carboxylic acid groups (broad SMARTS) is 1. The highest BCUT2D eigenvalue weighted by molar-refractivity contribution is 5.76. The van der Waals surface area contributed by atoms with Crippen molar-refractivity contribution < 1.29 is 23.8 Å². The van der Waals surface area contributed by atoms with Crippen molar-refractivity contribution in [2.24, 2.45) is 5.41 Å². The molecule has 0 bridgehead atoms. The maximum atomic E-state index is 15.9. The Labute approximate surface area is 250 Å². The van der Waals surface area contributed by atoms with Crippen LogP contribution >= 0.6 is 0 Å². The first-order chi connectivity index (χ1) is 20.7. The highest BCUT2D eigenvalue weighted by Crippen LogP contribution is 2.33. The van der Waals surface area contributed by atoms with Crippen LogP contribution in [0.2, 0.25) is 0 Å². The van der Waals surface area contributed by atoms with Crippen molar-refractivity contribution in [3.05, 3.63) is 78.6 Å². The molecule has 0 spiro atoms. The number of aromatic nitrogens is 4. The van der Waals surface area contributed by atoms with E-state index in [0.29, 0.717) is 47.5 Å². The Morgan fingerprint density at radius 1 is 1.14 bits per heavy atom. The molecule has 1 fully saturated rings. The fourth-order valence-electron chi connectivity index (χ4n) is 5.02. The van der Waals surface area contributed by atoms with Crippen molar-refractivity contribution in [2.45, 2.75) is 46.1 Å². The van der Waals surface area contributed by atoms with Crippen molar-refractivity contribution in [1.82, 2.24) is 19.9 Å². The third-order valence-electron chi connectivity index (χ3n) is 7.27. The van der Waals surface area contributed by atoms with Crippen LogP contribution in [0.3, 0.4) is 0 Å². The topological polar surface area (TPSA) is 123 Å². The lowest BCUT2D eigenvalue weighted by molar-refractivity contribution is -0.146. The summed E-state index contributed by atoms with van der Waals surface area (Å²) >= 11 is 0. The van der Waals surface area contributed by atoms with Gasteiger partial charge in [-0.25, -0.2) is 14.4 Å². The van der Waals surface area contributed by atoms with Crippen LogP contribution in [0.15, 0.2) is 67.3 Å². The number of rotatable bonds is 11. The summed E-state index contributed by atoms with van der Waals surface area (Å²) in [6.45, 7) is 7.08. The highest BCUT2D eigenvalue weighted by Gasteiger charge is 2.29. The zero-order valence-electron chi connectivity index (χ0n) is 24.5. The molecule has 3 aromatic heterocycles. The molecule has 1 unspecified atom stereocenters. The number of halogens is 1. The average Bonchev–Trinajstić information content (AvgIpc) is 3.00. The first-order valence-electron chi connectivity index (χ1n) is 14.3. The van der Waals surface area contributed by atoms with Gasteiger partial charge in [-0.2, -0.15) is 0 Å². The summed E-state index contributed by atoms with van der Waals surface area (Å²) in [6.07, 6.45) is 8.25. The van der Waals surface area contributed by atoms with Crippen LogP contribution < -0.4 is 19.7 Å². The molecular weight excluding hydrogens is 551 g/mol. The molecule has 1 saturated heterocycles. The molecule has 1 aliphatic rings. The van der Waals surface area contributed by atoms with Crippen molar-refractivity contribution in [2.75, 3.05) is 29.9 Å². The minimum Gasteiger partial charge on any atom is -0.488 e. The molecule has 2 N–H and O–H groups in total. The van der Waals surface area contributed by atoms with E-state index in [1.54, 1.807) is 44.4 Å². The summed E-state index contributed by atoms with van der Waals surface area (Å²) in [5, 5.41) is 12.7. The van der Waals surface area contributed by atoms with Crippen LogP contribution in [0.25, 0.3) is 11.3 Å². The van der Waals surface area contributed by atoms with Crippen LogP contribution in [0.4, 0.5) is 21.7 Å². The van der Waals surface area contributed by atoms with Crippen molar-refractivity contribution in [3.8, 4) is 22.9 Å². The number of nitrogens with one attached hydrogen (secondary N) is 1. The van der Waals surface area contributed by atoms with Gasteiger partial charge in [0.25, 0.3) is 5.88 Å². The Morgan fingerprint density at radius 2 is 1.98 bits per heavy atom. The normalized spacial score (nSPS) is 15.2. The third-order valence-corrected chi connectivity index (χ3v) is 7.27. The largest absolute Gasteiger partial charge is 0.488 e. The fourth-order valence-corrected chi connectivity index (χ4v) is 5.02. The lowest BCUT2D eigenvalue weighted by atomic mass is 9.83. The Balaban J connectivity index is 1.33. The van der Waals surface area contributed by atoms with E-state index in [9.17, 15) is 9.90 Å². The predicted molar refractivity (Wildman–Crippen MR) is 161 cm³/mol. The molecule has 43 heavy (non-hydrogen) atoms. The monoisotopic (exact) mass is 586 g/mol. The average molecular weight is 587 g/mol. The number of anilines is 3. The first kappa shape index (κ1) is 29.7. The van der Waals surface area contributed by atoms with Crippen molar-refractivity contribution in [1.29, 1.82) is 0 Å². The smallest absolute Gasteiger partial charge is 0.309 e.